The van der Waals surface area contributed by atoms with Gasteiger partial charge < -0.3 is 9.64 Å². The van der Waals surface area contributed by atoms with Crippen molar-refractivity contribution in [1.29, 1.82) is 5.26 Å². The van der Waals surface area contributed by atoms with Crippen LogP contribution in [0.25, 0.3) is 0 Å². The van der Waals surface area contributed by atoms with Crippen LogP contribution >= 0.6 is 15.9 Å². The molecule has 1 aromatic rings. The Labute approximate surface area is 107 Å². The van der Waals surface area contributed by atoms with Gasteiger partial charge >= 0.3 is 0 Å². The zero-order chi connectivity index (χ0) is 12.3. The highest BCUT2D eigenvalue weighted by molar-refractivity contribution is 9.10. The highest BCUT2D eigenvalue weighted by Crippen LogP contribution is 2.13. The lowest BCUT2D eigenvalue weighted by molar-refractivity contribution is 0.00344. The zero-order valence-electron chi connectivity index (χ0n) is 8.97. The molecule has 1 amide bonds. The molecule has 1 saturated heterocycles. The molecule has 0 saturated carbocycles. The Kier molecular flexibility index (Phi) is 3.71. The Morgan fingerprint density at radius 3 is 3.18 bits per heavy atom. The first kappa shape index (κ1) is 12.0. The molecule has 1 fully saturated rings. The molecule has 1 aliphatic heterocycles. The average molecular weight is 296 g/mol. The molecule has 17 heavy (non-hydrogen) atoms. The number of morpholine rings is 1. The third-order valence-corrected chi connectivity index (χ3v) is 2.88. The Morgan fingerprint density at radius 2 is 2.47 bits per heavy atom. The normalized spacial score (nSPS) is 19.8. The minimum atomic E-state index is -0.534. The first-order valence-electron chi connectivity index (χ1n) is 5.12. The quantitative estimate of drug-likeness (QED) is 0.781. The lowest BCUT2D eigenvalue weighted by atomic mass is 10.2. The van der Waals surface area contributed by atoms with Crippen LogP contribution in [0.3, 0.4) is 0 Å². The first-order valence-corrected chi connectivity index (χ1v) is 5.91. The molecule has 5 nitrogen and oxygen atoms in total. The number of nitriles is 1. The number of hydrogen-bond acceptors (Lipinski definition) is 4. The molecule has 2 heterocycles. The van der Waals surface area contributed by atoms with Gasteiger partial charge in [-0.3, -0.25) is 9.78 Å². The van der Waals surface area contributed by atoms with Crippen molar-refractivity contribution in [3.8, 4) is 6.07 Å². The van der Waals surface area contributed by atoms with Crippen LogP contribution in [0.4, 0.5) is 0 Å². The van der Waals surface area contributed by atoms with E-state index in [0.717, 1.165) is 4.47 Å². The van der Waals surface area contributed by atoms with Gasteiger partial charge in [0.05, 0.1) is 24.8 Å². The van der Waals surface area contributed by atoms with Crippen molar-refractivity contribution in [2.75, 3.05) is 19.7 Å². The lowest BCUT2D eigenvalue weighted by Gasteiger charge is -2.29. The summed E-state index contributed by atoms with van der Waals surface area (Å²) in [7, 11) is 0. The maximum Gasteiger partial charge on any atom is 0.255 e. The molecule has 0 aromatic carbocycles. The van der Waals surface area contributed by atoms with Crippen molar-refractivity contribution in [1.82, 2.24) is 9.88 Å². The van der Waals surface area contributed by atoms with E-state index in [1.807, 2.05) is 6.07 Å². The van der Waals surface area contributed by atoms with Gasteiger partial charge in [-0.25, -0.2) is 0 Å². The lowest BCUT2D eigenvalue weighted by Crippen LogP contribution is -2.45. The largest absolute Gasteiger partial charge is 0.360 e. The van der Waals surface area contributed by atoms with E-state index < -0.39 is 6.10 Å². The second kappa shape index (κ2) is 5.25. The molecule has 0 radical (unpaired) electrons. The molecule has 1 atom stereocenters. The maximum absolute atomic E-state index is 12.1. The molecule has 88 valence electrons. The zero-order valence-corrected chi connectivity index (χ0v) is 10.6. The third kappa shape index (κ3) is 2.81. The maximum atomic E-state index is 12.1. The van der Waals surface area contributed by atoms with Crippen molar-refractivity contribution in [2.24, 2.45) is 0 Å². The molecule has 0 N–H and O–H groups in total. The minimum Gasteiger partial charge on any atom is -0.360 e. The number of carbonyl (C=O) groups is 1. The SMILES string of the molecule is N#CC1CN(C(=O)c2cncc(Br)c2)CCO1. The van der Waals surface area contributed by atoms with E-state index in [1.54, 1.807) is 17.2 Å². The van der Waals surface area contributed by atoms with E-state index in [-0.39, 0.29) is 5.91 Å². The minimum absolute atomic E-state index is 0.123. The summed E-state index contributed by atoms with van der Waals surface area (Å²) in [6.45, 7) is 1.21. The fourth-order valence-electron chi connectivity index (χ4n) is 1.62. The van der Waals surface area contributed by atoms with Gasteiger partial charge in [-0.2, -0.15) is 5.26 Å². The van der Waals surface area contributed by atoms with Crippen molar-refractivity contribution in [3.63, 3.8) is 0 Å². The van der Waals surface area contributed by atoms with E-state index in [4.69, 9.17) is 10.00 Å². The molecule has 0 aliphatic carbocycles. The van der Waals surface area contributed by atoms with Crippen LogP contribution in [-0.4, -0.2) is 41.6 Å². The van der Waals surface area contributed by atoms with Gasteiger partial charge in [-0.1, -0.05) is 0 Å². The van der Waals surface area contributed by atoms with Crippen LogP contribution in [0.5, 0.6) is 0 Å². The van der Waals surface area contributed by atoms with E-state index in [0.29, 0.717) is 25.3 Å². The van der Waals surface area contributed by atoms with Crippen LogP contribution in [0.2, 0.25) is 0 Å². The van der Waals surface area contributed by atoms with Gasteiger partial charge in [0, 0.05) is 23.4 Å². The van der Waals surface area contributed by atoms with Crippen molar-refractivity contribution >= 4 is 21.8 Å². The predicted octanol–water partition coefficient (Wildman–Crippen LogP) is 1.21. The van der Waals surface area contributed by atoms with Gasteiger partial charge in [-0.15, -0.1) is 0 Å². The van der Waals surface area contributed by atoms with Crippen molar-refractivity contribution in [2.45, 2.75) is 6.10 Å². The molecular weight excluding hydrogens is 286 g/mol. The predicted molar refractivity (Wildman–Crippen MR) is 63.2 cm³/mol. The van der Waals surface area contributed by atoms with Gasteiger partial charge in [-0.05, 0) is 22.0 Å². The molecule has 0 spiro atoms. The molecule has 0 bridgehead atoms. The Balaban J connectivity index is 2.12. The number of rotatable bonds is 1. The van der Waals surface area contributed by atoms with Crippen LogP contribution < -0.4 is 0 Å². The van der Waals surface area contributed by atoms with Gasteiger partial charge in [0.25, 0.3) is 5.91 Å². The molecule has 1 unspecified atom stereocenters. The third-order valence-electron chi connectivity index (χ3n) is 2.45. The number of pyridine rings is 1. The van der Waals surface area contributed by atoms with Crippen molar-refractivity contribution in [3.05, 3.63) is 28.5 Å². The highest BCUT2D eigenvalue weighted by Gasteiger charge is 2.24. The summed E-state index contributed by atoms with van der Waals surface area (Å²) in [4.78, 5) is 17.7. The number of halogens is 1. The highest BCUT2D eigenvalue weighted by atomic mass is 79.9. The first-order chi connectivity index (χ1) is 8.20. The fourth-order valence-corrected chi connectivity index (χ4v) is 1.99. The van der Waals surface area contributed by atoms with Gasteiger partial charge in [0.15, 0.2) is 6.10 Å². The summed E-state index contributed by atoms with van der Waals surface area (Å²) < 4.78 is 5.95. The van der Waals surface area contributed by atoms with E-state index in [2.05, 4.69) is 20.9 Å². The van der Waals surface area contributed by atoms with E-state index >= 15 is 0 Å². The van der Waals surface area contributed by atoms with E-state index in [9.17, 15) is 4.79 Å². The number of hydrogen-bond donors (Lipinski definition) is 0. The van der Waals surface area contributed by atoms with Crippen LogP contribution in [0, 0.1) is 11.3 Å². The summed E-state index contributed by atoms with van der Waals surface area (Å²) in [5, 5.41) is 8.77. The van der Waals surface area contributed by atoms with Gasteiger partial charge in [0.1, 0.15) is 0 Å². The van der Waals surface area contributed by atoms with E-state index in [1.165, 1.54) is 6.20 Å². The monoisotopic (exact) mass is 295 g/mol. The fraction of sp³-hybridized carbons (Fsp3) is 0.364. The molecular formula is C11H10BrN3O2. The van der Waals surface area contributed by atoms with Crippen LogP contribution in [0.1, 0.15) is 10.4 Å². The second-order valence-corrected chi connectivity index (χ2v) is 4.55. The molecule has 1 aromatic heterocycles. The summed E-state index contributed by atoms with van der Waals surface area (Å²) in [6.07, 6.45) is 2.60. The number of nitrogens with zero attached hydrogens (tertiary/aromatic N) is 3. The van der Waals surface area contributed by atoms with Crippen LogP contribution in [0.15, 0.2) is 22.9 Å². The molecule has 2 rings (SSSR count). The standard InChI is InChI=1S/C11H10BrN3O2/c12-9-3-8(5-14-6-9)11(16)15-1-2-17-10(4-13)7-15/h3,5-6,10H,1-2,7H2. The average Bonchev–Trinajstić information content (AvgIpc) is 2.38. The Morgan fingerprint density at radius 1 is 1.65 bits per heavy atom. The summed E-state index contributed by atoms with van der Waals surface area (Å²) >= 11 is 3.27. The summed E-state index contributed by atoms with van der Waals surface area (Å²) in [5.74, 6) is -0.123. The number of ether oxygens (including phenoxy) is 1. The summed E-state index contributed by atoms with van der Waals surface area (Å²) in [6, 6.07) is 3.73. The Bertz CT molecular complexity index is 472. The molecule has 1 aliphatic rings. The van der Waals surface area contributed by atoms with Crippen molar-refractivity contribution < 1.29 is 9.53 Å². The molecule has 6 heteroatoms. The van der Waals surface area contributed by atoms with Crippen LogP contribution in [-0.2, 0) is 4.74 Å². The summed E-state index contributed by atoms with van der Waals surface area (Å²) in [5.41, 5.74) is 0.512. The smallest absolute Gasteiger partial charge is 0.255 e. The number of amides is 1. The Hall–Kier alpha value is -1.45. The number of carbonyl (C=O) groups excluding carboxylic acids is 1. The van der Waals surface area contributed by atoms with Gasteiger partial charge in [0.2, 0.25) is 0 Å². The number of aromatic nitrogens is 1. The second-order valence-electron chi connectivity index (χ2n) is 3.63. The topological polar surface area (TPSA) is 66.2 Å².